The zero-order chi connectivity index (χ0) is 24.0. The van der Waals surface area contributed by atoms with Crippen molar-refractivity contribution in [1.29, 1.82) is 0 Å². The number of amides is 1. The fourth-order valence-corrected chi connectivity index (χ4v) is 4.49. The second-order valence-electron chi connectivity index (χ2n) is 8.54. The van der Waals surface area contributed by atoms with Crippen molar-refractivity contribution in [3.63, 3.8) is 0 Å². The number of ether oxygens (including phenoxy) is 2. The molecule has 2 aliphatic heterocycles. The fraction of sp³-hybridized carbons (Fsp3) is 0.185. The first-order valence-corrected chi connectivity index (χ1v) is 11.3. The molecule has 34 heavy (non-hydrogen) atoms. The molecule has 2 aliphatic rings. The van der Waals surface area contributed by atoms with Gasteiger partial charge in [0.2, 0.25) is 6.79 Å². The molecule has 0 aromatic heterocycles. The van der Waals surface area contributed by atoms with Gasteiger partial charge in [-0.15, -0.1) is 0 Å². The van der Waals surface area contributed by atoms with Crippen LogP contribution in [0.15, 0.2) is 72.3 Å². The van der Waals surface area contributed by atoms with Crippen LogP contribution in [0.25, 0.3) is 5.76 Å². The lowest BCUT2D eigenvalue weighted by Crippen LogP contribution is -2.29. The molecule has 1 saturated heterocycles. The molecule has 172 valence electrons. The SMILES string of the molecule is CC(C)c1ccc(C2/C(=C(\O)c3cccc(Cl)c3)C(=O)C(=O)N2c2ccc3c(c2)OCO3)cc1. The molecule has 3 aromatic rings. The largest absolute Gasteiger partial charge is 0.507 e. The number of anilines is 1. The summed E-state index contributed by atoms with van der Waals surface area (Å²) in [6, 6.07) is 18.5. The Bertz CT molecular complexity index is 1330. The third-order valence-electron chi connectivity index (χ3n) is 6.10. The number of hydrogen-bond acceptors (Lipinski definition) is 5. The number of fused-ring (bicyclic) bond motifs is 1. The lowest BCUT2D eigenvalue weighted by atomic mass is 9.93. The minimum absolute atomic E-state index is 0.00207. The molecular weight excluding hydrogens is 454 g/mol. The van der Waals surface area contributed by atoms with Gasteiger partial charge in [0.05, 0.1) is 11.6 Å². The molecule has 1 amide bonds. The molecule has 1 atom stereocenters. The van der Waals surface area contributed by atoms with Crippen LogP contribution in [-0.4, -0.2) is 23.6 Å². The van der Waals surface area contributed by atoms with Gasteiger partial charge in [0.15, 0.2) is 11.5 Å². The van der Waals surface area contributed by atoms with Gasteiger partial charge in [-0.2, -0.15) is 0 Å². The van der Waals surface area contributed by atoms with Crippen molar-refractivity contribution in [1.82, 2.24) is 0 Å². The molecule has 0 saturated carbocycles. The van der Waals surface area contributed by atoms with Gasteiger partial charge in [0.25, 0.3) is 11.7 Å². The summed E-state index contributed by atoms with van der Waals surface area (Å²) in [6.45, 7) is 4.27. The Morgan fingerprint density at radius 1 is 1.00 bits per heavy atom. The van der Waals surface area contributed by atoms with Gasteiger partial charge in [-0.05, 0) is 41.3 Å². The summed E-state index contributed by atoms with van der Waals surface area (Å²) in [5.41, 5.74) is 2.65. The minimum atomic E-state index is -0.833. The minimum Gasteiger partial charge on any atom is -0.507 e. The molecule has 7 heteroatoms. The van der Waals surface area contributed by atoms with Crippen LogP contribution < -0.4 is 14.4 Å². The van der Waals surface area contributed by atoms with Crippen LogP contribution in [0, 0.1) is 0 Å². The third kappa shape index (κ3) is 3.70. The average Bonchev–Trinajstić information content (AvgIpc) is 3.40. The molecule has 0 aliphatic carbocycles. The quantitative estimate of drug-likeness (QED) is 0.292. The predicted molar refractivity (Wildman–Crippen MR) is 129 cm³/mol. The van der Waals surface area contributed by atoms with Crippen molar-refractivity contribution in [3.8, 4) is 11.5 Å². The fourth-order valence-electron chi connectivity index (χ4n) is 4.30. The zero-order valence-electron chi connectivity index (χ0n) is 18.6. The molecule has 6 nitrogen and oxygen atoms in total. The van der Waals surface area contributed by atoms with Crippen LogP contribution in [0.1, 0.15) is 42.5 Å². The van der Waals surface area contributed by atoms with Gasteiger partial charge < -0.3 is 14.6 Å². The number of carbonyl (C=O) groups is 2. The topological polar surface area (TPSA) is 76.1 Å². The Kier molecular flexibility index (Phi) is 5.54. The van der Waals surface area contributed by atoms with Crippen LogP contribution in [0.5, 0.6) is 11.5 Å². The first kappa shape index (κ1) is 22.0. The predicted octanol–water partition coefficient (Wildman–Crippen LogP) is 5.82. The number of carbonyl (C=O) groups excluding carboxylic acids is 2. The van der Waals surface area contributed by atoms with Crippen LogP contribution in [-0.2, 0) is 9.59 Å². The maximum atomic E-state index is 13.3. The van der Waals surface area contributed by atoms with Crippen LogP contribution in [0.2, 0.25) is 5.02 Å². The summed E-state index contributed by atoms with van der Waals surface area (Å²) in [5.74, 6) is -0.406. The highest BCUT2D eigenvalue weighted by atomic mass is 35.5. The lowest BCUT2D eigenvalue weighted by Gasteiger charge is -2.26. The van der Waals surface area contributed by atoms with Crippen molar-refractivity contribution in [2.45, 2.75) is 25.8 Å². The van der Waals surface area contributed by atoms with Gasteiger partial charge in [0, 0.05) is 22.3 Å². The maximum absolute atomic E-state index is 13.3. The highest BCUT2D eigenvalue weighted by Crippen LogP contribution is 2.45. The van der Waals surface area contributed by atoms with Gasteiger partial charge in [-0.25, -0.2) is 0 Å². The maximum Gasteiger partial charge on any atom is 0.300 e. The number of ketones is 1. The summed E-state index contributed by atoms with van der Waals surface area (Å²) >= 11 is 6.12. The number of nitrogens with zero attached hydrogens (tertiary/aromatic N) is 1. The van der Waals surface area contributed by atoms with E-state index in [2.05, 4.69) is 13.8 Å². The molecular formula is C27H22ClNO5. The number of halogens is 1. The lowest BCUT2D eigenvalue weighted by molar-refractivity contribution is -0.132. The highest BCUT2D eigenvalue weighted by Gasteiger charge is 2.47. The van der Waals surface area contributed by atoms with Crippen molar-refractivity contribution < 1.29 is 24.2 Å². The number of benzene rings is 3. The molecule has 3 aromatic carbocycles. The Labute approximate surface area is 202 Å². The molecule has 0 radical (unpaired) electrons. The van der Waals surface area contributed by atoms with Gasteiger partial charge >= 0.3 is 0 Å². The van der Waals surface area contributed by atoms with Gasteiger partial charge in [0.1, 0.15) is 5.76 Å². The summed E-state index contributed by atoms with van der Waals surface area (Å²) in [7, 11) is 0. The number of rotatable bonds is 4. The smallest absolute Gasteiger partial charge is 0.300 e. The number of aliphatic hydroxyl groups excluding tert-OH is 1. The van der Waals surface area contributed by atoms with Crippen LogP contribution in [0.4, 0.5) is 5.69 Å². The van der Waals surface area contributed by atoms with Crippen molar-refractivity contribution >= 4 is 34.7 Å². The van der Waals surface area contributed by atoms with E-state index in [4.69, 9.17) is 21.1 Å². The van der Waals surface area contributed by atoms with E-state index < -0.39 is 17.7 Å². The van der Waals surface area contributed by atoms with E-state index in [1.165, 1.54) is 4.90 Å². The standard InChI is InChI=1S/C27H22ClNO5/c1-15(2)16-6-8-17(9-7-16)24-23(25(30)18-4-3-5-19(28)12-18)26(31)27(32)29(24)20-10-11-21-22(13-20)34-14-33-21/h3-13,15,24,30H,14H2,1-2H3/b25-23+. The van der Waals surface area contributed by atoms with Crippen molar-refractivity contribution in [2.75, 3.05) is 11.7 Å². The van der Waals surface area contributed by atoms with Crippen LogP contribution in [0.3, 0.4) is 0 Å². The summed E-state index contributed by atoms with van der Waals surface area (Å²) in [6.07, 6.45) is 0. The summed E-state index contributed by atoms with van der Waals surface area (Å²) < 4.78 is 10.9. The van der Waals surface area contributed by atoms with Gasteiger partial charge in [-0.1, -0.05) is 61.8 Å². The van der Waals surface area contributed by atoms with E-state index in [1.54, 1.807) is 42.5 Å². The first-order chi connectivity index (χ1) is 16.3. The Balaban J connectivity index is 1.70. The van der Waals surface area contributed by atoms with Crippen molar-refractivity contribution in [3.05, 3.63) is 94.0 Å². The van der Waals surface area contributed by atoms with E-state index >= 15 is 0 Å². The second kappa shape index (κ2) is 8.54. The first-order valence-electron chi connectivity index (χ1n) is 10.9. The normalized spacial score (nSPS) is 18.7. The summed E-state index contributed by atoms with van der Waals surface area (Å²) in [4.78, 5) is 28.0. The number of Topliss-reactive ketones (excluding diaryl/α,β-unsaturated/α-hetero) is 1. The number of aliphatic hydroxyl groups is 1. The van der Waals surface area contributed by atoms with E-state index in [0.717, 1.165) is 5.56 Å². The molecule has 5 rings (SSSR count). The van der Waals surface area contributed by atoms with Gasteiger partial charge in [-0.3, -0.25) is 14.5 Å². The number of hydrogen-bond donors (Lipinski definition) is 1. The molecule has 1 fully saturated rings. The molecule has 0 bridgehead atoms. The van der Waals surface area contributed by atoms with E-state index in [1.807, 2.05) is 24.3 Å². The molecule has 1 N–H and O–H groups in total. The monoisotopic (exact) mass is 475 g/mol. The third-order valence-corrected chi connectivity index (χ3v) is 6.33. The average molecular weight is 476 g/mol. The molecule has 2 heterocycles. The van der Waals surface area contributed by atoms with Crippen LogP contribution >= 0.6 is 11.6 Å². The summed E-state index contributed by atoms with van der Waals surface area (Å²) in [5, 5.41) is 11.6. The van der Waals surface area contributed by atoms with E-state index in [-0.39, 0.29) is 18.1 Å². The van der Waals surface area contributed by atoms with E-state index in [9.17, 15) is 14.7 Å². The molecule has 0 spiro atoms. The Morgan fingerprint density at radius 3 is 2.44 bits per heavy atom. The second-order valence-corrected chi connectivity index (χ2v) is 8.97. The highest BCUT2D eigenvalue weighted by molar-refractivity contribution is 6.51. The Morgan fingerprint density at radius 2 is 1.74 bits per heavy atom. The van der Waals surface area contributed by atoms with E-state index in [0.29, 0.717) is 39.3 Å². The zero-order valence-corrected chi connectivity index (χ0v) is 19.4. The molecule has 1 unspecified atom stereocenters. The van der Waals surface area contributed by atoms with Crippen molar-refractivity contribution in [2.24, 2.45) is 0 Å². The Hall–Kier alpha value is -3.77.